The normalized spacial score (nSPS) is 16.4. The van der Waals surface area contributed by atoms with E-state index >= 15 is 0 Å². The Labute approximate surface area is 228 Å². The van der Waals surface area contributed by atoms with E-state index in [4.69, 9.17) is 4.74 Å². The summed E-state index contributed by atoms with van der Waals surface area (Å²) in [7, 11) is -8.30. The smallest absolute Gasteiger partial charge is 0.416 e. The molecule has 0 saturated heterocycles. The number of hydrogen-bond acceptors (Lipinski definition) is 5. The van der Waals surface area contributed by atoms with Crippen LogP contribution in [0.4, 0.5) is 27.6 Å². The molecule has 1 N–H and O–H groups in total. The van der Waals surface area contributed by atoms with E-state index in [0.29, 0.717) is 6.07 Å². The van der Waals surface area contributed by atoms with Gasteiger partial charge in [0, 0.05) is 17.5 Å². The lowest BCUT2D eigenvalue weighted by Gasteiger charge is -2.38. The topological polar surface area (TPSA) is 92.8 Å². The molecule has 0 aromatic heterocycles. The molecule has 14 heteroatoms. The number of sulfonamides is 2. The lowest BCUT2D eigenvalue weighted by atomic mass is 9.97. The van der Waals surface area contributed by atoms with Gasteiger partial charge in [0.1, 0.15) is 23.5 Å². The van der Waals surface area contributed by atoms with Crippen molar-refractivity contribution in [1.82, 2.24) is 4.72 Å². The highest BCUT2D eigenvalue weighted by molar-refractivity contribution is 7.92. The van der Waals surface area contributed by atoms with Crippen LogP contribution in [-0.4, -0.2) is 41.3 Å². The average molecular weight is 605 g/mol. The third-order valence-corrected chi connectivity index (χ3v) is 8.78. The molecule has 0 fully saturated rings. The third-order valence-electron chi connectivity index (χ3n) is 6.08. The highest BCUT2D eigenvalue weighted by Crippen LogP contribution is 2.42. The molecule has 1 heterocycles. The molecule has 0 bridgehead atoms. The van der Waals surface area contributed by atoms with E-state index in [2.05, 4.69) is 4.72 Å². The second kappa shape index (κ2) is 10.3. The van der Waals surface area contributed by atoms with Crippen molar-refractivity contribution in [2.75, 3.05) is 17.1 Å². The number of benzene rings is 3. The standard InChI is InChI=1S/C26H25F5N2O5S2/c1-25(2,32-39(3,34)35)14-19-15-33(40(36,37)20-6-4-5-17(12-20)26(29,30)31)23-11-16(7-10-24(23)38-19)21-13-18(27)8-9-22(21)28/h4-13,19,32H,14-15H2,1-3H3/t19-/m1/s1. The first kappa shape index (κ1) is 29.7. The van der Waals surface area contributed by atoms with Crippen LogP contribution in [0.25, 0.3) is 11.1 Å². The number of nitrogens with zero attached hydrogens (tertiary/aromatic N) is 1. The minimum absolute atomic E-state index is 0.00233. The van der Waals surface area contributed by atoms with Gasteiger partial charge in [-0.25, -0.2) is 30.3 Å². The Balaban J connectivity index is 1.83. The van der Waals surface area contributed by atoms with Crippen molar-refractivity contribution in [3.8, 4) is 16.9 Å². The number of hydrogen-bond donors (Lipinski definition) is 1. The lowest BCUT2D eigenvalue weighted by Crippen LogP contribution is -2.50. The van der Waals surface area contributed by atoms with Gasteiger partial charge >= 0.3 is 6.18 Å². The van der Waals surface area contributed by atoms with Crippen molar-refractivity contribution in [2.45, 2.75) is 43.0 Å². The Morgan fingerprint density at radius 3 is 2.33 bits per heavy atom. The second-order valence-electron chi connectivity index (χ2n) is 10.1. The Hall–Kier alpha value is -3.23. The van der Waals surface area contributed by atoms with Crippen LogP contribution in [0.15, 0.2) is 65.6 Å². The molecular formula is C26H25F5N2O5S2. The quantitative estimate of drug-likeness (QED) is 0.369. The van der Waals surface area contributed by atoms with Gasteiger partial charge in [0.05, 0.1) is 28.9 Å². The first-order valence-electron chi connectivity index (χ1n) is 11.8. The highest BCUT2D eigenvalue weighted by Gasteiger charge is 2.39. The number of halogens is 5. The number of nitrogens with one attached hydrogen (secondary N) is 1. The summed E-state index contributed by atoms with van der Waals surface area (Å²) in [4.78, 5) is -0.648. The summed E-state index contributed by atoms with van der Waals surface area (Å²) >= 11 is 0. The van der Waals surface area contributed by atoms with E-state index in [1.165, 1.54) is 18.2 Å². The summed E-state index contributed by atoms with van der Waals surface area (Å²) in [6.07, 6.45) is -4.80. The summed E-state index contributed by atoms with van der Waals surface area (Å²) in [5, 5.41) is 0. The van der Waals surface area contributed by atoms with Crippen LogP contribution < -0.4 is 13.8 Å². The molecule has 0 aliphatic carbocycles. The molecule has 3 aromatic carbocycles. The molecule has 1 atom stereocenters. The molecule has 4 rings (SSSR count). The zero-order chi connectivity index (χ0) is 29.7. The van der Waals surface area contributed by atoms with Gasteiger partial charge in [-0.3, -0.25) is 4.31 Å². The fourth-order valence-electron chi connectivity index (χ4n) is 4.60. The van der Waals surface area contributed by atoms with E-state index in [1.807, 2.05) is 0 Å². The predicted octanol–water partition coefficient (Wildman–Crippen LogP) is 5.32. The van der Waals surface area contributed by atoms with Gasteiger partial charge in [-0.2, -0.15) is 13.2 Å². The number of ether oxygens (including phenoxy) is 1. The maximum absolute atomic E-state index is 14.5. The highest BCUT2D eigenvalue weighted by atomic mass is 32.2. The van der Waals surface area contributed by atoms with Gasteiger partial charge < -0.3 is 4.74 Å². The monoisotopic (exact) mass is 604 g/mol. The summed E-state index contributed by atoms with van der Waals surface area (Å²) in [5.74, 6) is -1.51. The largest absolute Gasteiger partial charge is 0.486 e. The molecule has 1 aliphatic rings. The molecule has 40 heavy (non-hydrogen) atoms. The Kier molecular flexibility index (Phi) is 7.67. The summed E-state index contributed by atoms with van der Waals surface area (Å²) in [5.41, 5.74) is -2.44. The summed E-state index contributed by atoms with van der Waals surface area (Å²) in [6, 6.07) is 9.94. The number of rotatable bonds is 7. The predicted molar refractivity (Wildman–Crippen MR) is 139 cm³/mol. The second-order valence-corrected chi connectivity index (χ2v) is 13.7. The fourth-order valence-corrected chi connectivity index (χ4v) is 7.24. The molecule has 0 spiro atoms. The molecule has 0 radical (unpaired) electrons. The van der Waals surface area contributed by atoms with Crippen molar-refractivity contribution >= 4 is 25.7 Å². The molecule has 0 saturated carbocycles. The van der Waals surface area contributed by atoms with Crippen molar-refractivity contribution in [1.29, 1.82) is 0 Å². The Morgan fingerprint density at radius 1 is 0.975 bits per heavy atom. The van der Waals surface area contributed by atoms with Gasteiger partial charge in [-0.15, -0.1) is 0 Å². The van der Waals surface area contributed by atoms with Crippen molar-refractivity contribution < 1.29 is 43.5 Å². The van der Waals surface area contributed by atoms with Crippen LogP contribution in [0.1, 0.15) is 25.8 Å². The molecule has 0 amide bonds. The van der Waals surface area contributed by atoms with Crippen LogP contribution in [0.2, 0.25) is 0 Å². The third kappa shape index (κ3) is 6.56. The average Bonchev–Trinajstić information content (AvgIpc) is 2.82. The zero-order valence-electron chi connectivity index (χ0n) is 21.5. The van der Waals surface area contributed by atoms with Crippen LogP contribution in [0.3, 0.4) is 0 Å². The number of alkyl halides is 3. The van der Waals surface area contributed by atoms with E-state index in [1.54, 1.807) is 13.8 Å². The number of anilines is 1. The molecule has 0 unspecified atom stereocenters. The van der Waals surface area contributed by atoms with Crippen LogP contribution >= 0.6 is 0 Å². The summed E-state index contributed by atoms with van der Waals surface area (Å²) in [6.45, 7) is 2.72. The maximum Gasteiger partial charge on any atom is 0.416 e. The van der Waals surface area contributed by atoms with Gasteiger partial charge in [0.2, 0.25) is 10.0 Å². The molecular weight excluding hydrogens is 579 g/mol. The first-order chi connectivity index (χ1) is 18.4. The van der Waals surface area contributed by atoms with Gasteiger partial charge in [-0.05, 0) is 67.9 Å². The van der Waals surface area contributed by atoms with Crippen molar-refractivity contribution in [2.24, 2.45) is 0 Å². The van der Waals surface area contributed by atoms with Gasteiger partial charge in [0.25, 0.3) is 10.0 Å². The van der Waals surface area contributed by atoms with E-state index in [-0.39, 0.29) is 29.0 Å². The molecule has 216 valence electrons. The van der Waals surface area contributed by atoms with Gasteiger partial charge in [-0.1, -0.05) is 12.1 Å². The van der Waals surface area contributed by atoms with E-state index in [0.717, 1.165) is 47.0 Å². The van der Waals surface area contributed by atoms with Crippen LogP contribution in [-0.2, 0) is 26.2 Å². The minimum Gasteiger partial charge on any atom is -0.486 e. The van der Waals surface area contributed by atoms with E-state index < -0.39 is 66.5 Å². The van der Waals surface area contributed by atoms with Gasteiger partial charge in [0.15, 0.2) is 0 Å². The van der Waals surface area contributed by atoms with Crippen LogP contribution in [0.5, 0.6) is 5.75 Å². The Morgan fingerprint density at radius 2 is 1.68 bits per heavy atom. The first-order valence-corrected chi connectivity index (χ1v) is 15.1. The molecule has 7 nitrogen and oxygen atoms in total. The van der Waals surface area contributed by atoms with Crippen molar-refractivity contribution in [3.63, 3.8) is 0 Å². The van der Waals surface area contributed by atoms with Crippen molar-refractivity contribution in [3.05, 3.63) is 77.9 Å². The summed E-state index contributed by atoms with van der Waals surface area (Å²) < 4.78 is 129. The lowest BCUT2D eigenvalue weighted by molar-refractivity contribution is -0.137. The fraction of sp³-hybridized carbons (Fsp3) is 0.308. The maximum atomic E-state index is 14.5. The molecule has 3 aromatic rings. The minimum atomic E-state index is -4.81. The zero-order valence-corrected chi connectivity index (χ0v) is 23.1. The Bertz CT molecular complexity index is 1660. The molecule has 1 aliphatic heterocycles. The SMILES string of the molecule is CC(C)(C[C@@H]1CN(S(=O)(=O)c2cccc(C(F)(F)F)c2)c2cc(-c3cc(F)ccc3F)ccc2O1)NS(C)(=O)=O. The number of fused-ring (bicyclic) bond motifs is 1. The van der Waals surface area contributed by atoms with E-state index in [9.17, 15) is 38.8 Å². The van der Waals surface area contributed by atoms with Crippen LogP contribution in [0, 0.1) is 11.6 Å².